The van der Waals surface area contributed by atoms with Gasteiger partial charge in [0.2, 0.25) is 0 Å². The van der Waals surface area contributed by atoms with Gasteiger partial charge in [-0.15, -0.1) is 0 Å². The van der Waals surface area contributed by atoms with Crippen molar-refractivity contribution in [2.24, 2.45) is 34.0 Å². The first-order valence-electron chi connectivity index (χ1n) is 14.1. The number of carbonyl (C=O) groups is 4. The number of rotatable bonds is 5. The third-order valence-electron chi connectivity index (χ3n) is 11.6. The van der Waals surface area contributed by atoms with E-state index in [1.165, 1.54) is 6.92 Å². The lowest BCUT2D eigenvalue weighted by atomic mass is 9.55. The highest BCUT2D eigenvalue weighted by Gasteiger charge is 2.83. The lowest BCUT2D eigenvalue weighted by Crippen LogP contribution is -2.49. The van der Waals surface area contributed by atoms with Crippen LogP contribution in [-0.2, 0) is 33.4 Å². The molecular weight excluding hydrogens is 500 g/mol. The summed E-state index contributed by atoms with van der Waals surface area (Å²) in [5.74, 6) is -2.07. The van der Waals surface area contributed by atoms with Crippen LogP contribution in [0.5, 0.6) is 0 Å². The van der Waals surface area contributed by atoms with E-state index >= 15 is 0 Å². The largest absolute Gasteiger partial charge is 0.458 e. The van der Waals surface area contributed by atoms with Crippen LogP contribution in [0.3, 0.4) is 0 Å². The molecule has 1 N–H and O–H groups in total. The molecule has 0 aromatic rings. The minimum atomic E-state index is -1.19. The molecular formula is C31H38O8. The quantitative estimate of drug-likeness (QED) is 0.322. The van der Waals surface area contributed by atoms with Crippen LogP contribution in [0.2, 0.25) is 0 Å². The molecule has 39 heavy (non-hydrogen) atoms. The van der Waals surface area contributed by atoms with Gasteiger partial charge in [-0.3, -0.25) is 9.59 Å². The van der Waals surface area contributed by atoms with E-state index in [0.717, 1.165) is 5.57 Å². The van der Waals surface area contributed by atoms with Crippen LogP contribution in [-0.4, -0.2) is 59.6 Å². The minimum Gasteiger partial charge on any atom is -0.458 e. The van der Waals surface area contributed by atoms with Crippen molar-refractivity contribution in [1.29, 1.82) is 0 Å². The average Bonchev–Trinajstić information content (AvgIpc) is 3.55. The maximum absolute atomic E-state index is 14.3. The summed E-state index contributed by atoms with van der Waals surface area (Å²) in [6, 6.07) is 0. The molecule has 10 atom stereocenters. The Bertz CT molecular complexity index is 1270. The van der Waals surface area contributed by atoms with Crippen molar-refractivity contribution in [3.8, 4) is 0 Å². The highest BCUT2D eigenvalue weighted by molar-refractivity contribution is 6.02. The number of allylic oxidation sites excluding steroid dienone is 1. The Balaban J connectivity index is 1.53. The average molecular weight is 539 g/mol. The predicted octanol–water partition coefficient (Wildman–Crippen LogP) is 3.41. The first-order valence-corrected chi connectivity index (χ1v) is 14.1. The van der Waals surface area contributed by atoms with Crippen molar-refractivity contribution in [2.45, 2.75) is 90.1 Å². The molecule has 8 heteroatoms. The molecule has 2 heterocycles. The maximum Gasteiger partial charge on any atom is 0.334 e. The second-order valence-electron chi connectivity index (χ2n) is 13.2. The monoisotopic (exact) mass is 538 g/mol. The predicted molar refractivity (Wildman–Crippen MR) is 139 cm³/mol. The van der Waals surface area contributed by atoms with E-state index in [2.05, 4.69) is 6.58 Å². The topological polar surface area (TPSA) is 116 Å². The zero-order valence-corrected chi connectivity index (χ0v) is 23.4. The number of ether oxygens (including phenoxy) is 3. The Morgan fingerprint density at radius 2 is 1.92 bits per heavy atom. The molecule has 0 unspecified atom stereocenters. The normalized spacial score (nSPS) is 48.1. The second-order valence-corrected chi connectivity index (χ2v) is 13.2. The number of methoxy groups -OCH3 is 1. The van der Waals surface area contributed by atoms with Crippen LogP contribution in [0.4, 0.5) is 0 Å². The fourth-order valence-corrected chi connectivity index (χ4v) is 9.61. The third kappa shape index (κ3) is 3.08. The van der Waals surface area contributed by atoms with Gasteiger partial charge in [0.05, 0.1) is 17.1 Å². The molecule has 2 aliphatic heterocycles. The Labute approximate surface area is 228 Å². The summed E-state index contributed by atoms with van der Waals surface area (Å²) in [6.07, 6.45) is 4.42. The number of hydrogen-bond donors (Lipinski definition) is 1. The molecule has 8 nitrogen and oxygen atoms in total. The number of fused-ring (bicyclic) bond motifs is 2. The molecule has 0 radical (unpaired) electrons. The molecule has 210 valence electrons. The molecule has 2 saturated carbocycles. The van der Waals surface area contributed by atoms with Crippen molar-refractivity contribution in [2.75, 3.05) is 7.11 Å². The van der Waals surface area contributed by atoms with Gasteiger partial charge in [-0.1, -0.05) is 25.7 Å². The lowest BCUT2D eigenvalue weighted by Gasteiger charge is -2.44. The molecule has 0 amide bonds. The number of esters is 2. The highest BCUT2D eigenvalue weighted by atomic mass is 16.6. The van der Waals surface area contributed by atoms with Gasteiger partial charge in [-0.05, 0) is 52.0 Å². The Morgan fingerprint density at radius 1 is 1.21 bits per heavy atom. The molecule has 0 aromatic carbocycles. The smallest absolute Gasteiger partial charge is 0.334 e. The standard InChI is InChI=1S/C31H38O8/c1-15(32)7-8-19-24(22-17(3)21(37-6)13-20(22)33)39-27(35)31(19)14-30-12-11-28(31,4)25(30)23-18(9-10-29(30,5)36)16(2)26(34)38-23/h11-12,18-19,21,23-25,36H,2,7-10,13-14H2,1,3-6H3/t18-,19+,21-,23-,24-,25-,28+,29+,30-,31-/m0/s1. The van der Waals surface area contributed by atoms with E-state index in [9.17, 15) is 24.3 Å². The molecule has 0 aromatic heterocycles. The molecule has 1 spiro atoms. The highest BCUT2D eigenvalue weighted by Crippen LogP contribution is 2.79. The number of ketones is 2. The summed E-state index contributed by atoms with van der Waals surface area (Å²) < 4.78 is 17.7. The molecule has 2 bridgehead atoms. The van der Waals surface area contributed by atoms with Crippen molar-refractivity contribution < 1.29 is 38.5 Å². The van der Waals surface area contributed by atoms with Gasteiger partial charge >= 0.3 is 11.9 Å². The van der Waals surface area contributed by atoms with Gasteiger partial charge in [0.25, 0.3) is 0 Å². The van der Waals surface area contributed by atoms with Crippen LogP contribution in [0.15, 0.2) is 35.5 Å². The van der Waals surface area contributed by atoms with Crippen molar-refractivity contribution >= 4 is 23.5 Å². The van der Waals surface area contributed by atoms with Crippen LogP contribution in [0.1, 0.15) is 66.2 Å². The summed E-state index contributed by atoms with van der Waals surface area (Å²) in [5.41, 5.74) is -2.36. The van der Waals surface area contributed by atoms with E-state index < -0.39 is 51.9 Å². The number of aliphatic hydroxyl groups is 1. The molecule has 6 aliphatic rings. The zero-order chi connectivity index (χ0) is 28.3. The summed E-state index contributed by atoms with van der Waals surface area (Å²) in [5, 5.41) is 12.1. The van der Waals surface area contributed by atoms with Crippen LogP contribution < -0.4 is 0 Å². The Hall–Kier alpha value is -2.58. The van der Waals surface area contributed by atoms with Gasteiger partial charge in [-0.25, -0.2) is 4.79 Å². The van der Waals surface area contributed by atoms with Gasteiger partial charge in [0, 0.05) is 59.7 Å². The van der Waals surface area contributed by atoms with E-state index in [-0.39, 0.29) is 42.3 Å². The summed E-state index contributed by atoms with van der Waals surface area (Å²) in [7, 11) is 1.56. The van der Waals surface area contributed by atoms with Gasteiger partial charge in [0.1, 0.15) is 18.0 Å². The lowest BCUT2D eigenvalue weighted by molar-refractivity contribution is -0.154. The minimum absolute atomic E-state index is 0.00854. The maximum atomic E-state index is 14.3. The Morgan fingerprint density at radius 3 is 2.56 bits per heavy atom. The third-order valence-corrected chi connectivity index (χ3v) is 11.6. The fraction of sp³-hybridized carbons (Fsp3) is 0.677. The van der Waals surface area contributed by atoms with Gasteiger partial charge in [0.15, 0.2) is 5.78 Å². The van der Waals surface area contributed by atoms with E-state index in [4.69, 9.17) is 14.2 Å². The number of hydrogen-bond acceptors (Lipinski definition) is 8. The molecule has 6 rings (SSSR count). The molecule has 2 saturated heterocycles. The summed E-state index contributed by atoms with van der Waals surface area (Å²) in [4.78, 5) is 52.6. The van der Waals surface area contributed by atoms with Crippen molar-refractivity contribution in [3.05, 3.63) is 35.5 Å². The Kier molecular flexibility index (Phi) is 5.62. The van der Waals surface area contributed by atoms with Gasteiger partial charge < -0.3 is 24.1 Å². The number of Topliss-reactive ketones (excluding diaryl/α,β-unsaturated/α-hetero) is 2. The number of cyclic esters (lactones) is 1. The second kappa shape index (κ2) is 8.23. The van der Waals surface area contributed by atoms with Crippen LogP contribution in [0, 0.1) is 34.0 Å². The summed E-state index contributed by atoms with van der Waals surface area (Å²) >= 11 is 0. The fourth-order valence-electron chi connectivity index (χ4n) is 9.61. The van der Waals surface area contributed by atoms with E-state index in [1.807, 2.05) is 32.9 Å². The molecule has 4 aliphatic carbocycles. The first kappa shape index (κ1) is 26.6. The van der Waals surface area contributed by atoms with Crippen molar-refractivity contribution in [1.82, 2.24) is 0 Å². The molecule has 4 fully saturated rings. The van der Waals surface area contributed by atoms with Crippen LogP contribution in [0.25, 0.3) is 0 Å². The SMILES string of the molecule is C=C1C(=O)O[C@@H]2[C@@H]3[C@@]4(C=C[C@@]3(C)[C@]3(C4)C(=O)O[C@H](C4=C(C)[C@@H](OC)CC4=O)[C@H]3CCC(C)=O)[C@](C)(O)CC[C@@H]12. The van der Waals surface area contributed by atoms with E-state index in [1.54, 1.807) is 7.11 Å². The van der Waals surface area contributed by atoms with Crippen molar-refractivity contribution in [3.63, 3.8) is 0 Å². The number of carbonyl (C=O) groups excluding carboxylic acids is 4. The van der Waals surface area contributed by atoms with E-state index in [0.29, 0.717) is 36.8 Å². The van der Waals surface area contributed by atoms with Crippen LogP contribution >= 0.6 is 0 Å². The summed E-state index contributed by atoms with van der Waals surface area (Å²) in [6.45, 7) is 11.2. The first-order chi connectivity index (χ1) is 18.3. The van der Waals surface area contributed by atoms with Gasteiger partial charge in [-0.2, -0.15) is 0 Å². The zero-order valence-electron chi connectivity index (χ0n) is 23.4.